The number of H-pyrrole nitrogens is 1. The summed E-state index contributed by atoms with van der Waals surface area (Å²) in [6.07, 6.45) is 3.41. The molecule has 2 aromatic heterocycles. The van der Waals surface area contributed by atoms with Gasteiger partial charge in [0.05, 0.1) is 12.2 Å². The number of rotatable bonds is 4. The Morgan fingerprint density at radius 3 is 2.91 bits per heavy atom. The summed E-state index contributed by atoms with van der Waals surface area (Å²) >= 11 is 0. The molecular formula is C13H17N7O3. The molecule has 23 heavy (non-hydrogen) atoms. The lowest BCUT2D eigenvalue weighted by Gasteiger charge is -2.27. The highest BCUT2D eigenvalue weighted by Crippen LogP contribution is 2.33. The van der Waals surface area contributed by atoms with Crippen LogP contribution in [0.3, 0.4) is 0 Å². The number of anilines is 1. The summed E-state index contributed by atoms with van der Waals surface area (Å²) in [6, 6.07) is 0. The smallest absolute Gasteiger partial charge is 0.220 e. The van der Waals surface area contributed by atoms with Gasteiger partial charge in [-0.15, -0.1) is 0 Å². The molecule has 3 heterocycles. The average Bonchev–Trinajstić information content (AvgIpc) is 3.00. The fourth-order valence-corrected chi connectivity index (χ4v) is 2.38. The largest absolute Gasteiger partial charge is 0.493 e. The molecule has 1 atom stereocenters. The summed E-state index contributed by atoms with van der Waals surface area (Å²) in [7, 11) is 0. The first kappa shape index (κ1) is 15.2. The molecule has 0 spiro atoms. The Morgan fingerprint density at radius 2 is 2.22 bits per heavy atom. The second-order valence-electron chi connectivity index (χ2n) is 4.95. The molecular weight excluding hydrogens is 302 g/mol. The maximum Gasteiger partial charge on any atom is 0.220 e. The first-order chi connectivity index (χ1) is 11.1. The molecule has 1 aliphatic heterocycles. The van der Waals surface area contributed by atoms with Crippen LogP contribution in [0.4, 0.5) is 5.82 Å². The number of aliphatic hydroxyl groups excluding tert-OH is 2. The van der Waals surface area contributed by atoms with Crippen LogP contribution in [0.15, 0.2) is 29.0 Å². The highest BCUT2D eigenvalue weighted by molar-refractivity contribution is 5.89. The van der Waals surface area contributed by atoms with Gasteiger partial charge in [-0.05, 0) is 6.92 Å². The van der Waals surface area contributed by atoms with Gasteiger partial charge in [-0.25, -0.2) is 15.8 Å². The number of hydrogen-bond donors (Lipinski definition) is 5. The fraction of sp³-hybridized carbons (Fsp3) is 0.308. The number of fused-ring (bicyclic) bond motifs is 1. The van der Waals surface area contributed by atoms with Crippen molar-refractivity contribution in [1.29, 1.82) is 0 Å². The van der Waals surface area contributed by atoms with E-state index in [1.807, 2.05) is 6.92 Å². The SMILES string of the molecule is CCN(N)c1ncnc2c([C@H]3N=CC(CO)=C(O)N3O)c[nH]c12. The molecule has 10 nitrogen and oxygen atoms in total. The summed E-state index contributed by atoms with van der Waals surface area (Å²) in [5.41, 5.74) is 1.79. The Bertz CT molecular complexity index is 785. The molecule has 6 N–H and O–H groups in total. The van der Waals surface area contributed by atoms with Crippen LogP contribution < -0.4 is 10.9 Å². The van der Waals surface area contributed by atoms with Crippen molar-refractivity contribution < 1.29 is 15.4 Å². The molecule has 0 bridgehead atoms. The van der Waals surface area contributed by atoms with Crippen LogP contribution in [0, 0.1) is 0 Å². The van der Waals surface area contributed by atoms with Gasteiger partial charge in [0, 0.05) is 24.5 Å². The number of nitrogens with one attached hydrogen (secondary N) is 1. The van der Waals surface area contributed by atoms with Gasteiger partial charge in [-0.1, -0.05) is 0 Å². The van der Waals surface area contributed by atoms with Crippen molar-refractivity contribution in [2.45, 2.75) is 13.1 Å². The zero-order chi connectivity index (χ0) is 16.6. The standard InChI is InChI=1S/C13H17N7O3/c1-2-19(14)12-10-9(17-6-18-12)8(4-15-10)11-16-3-7(5-21)13(22)20(11)23/h3-4,6,11,15,21-23H,2,5,14H2,1H3/t11-/m0/s1. The molecule has 2 aromatic rings. The number of hydrogen-bond acceptors (Lipinski definition) is 9. The van der Waals surface area contributed by atoms with Crippen molar-refractivity contribution in [1.82, 2.24) is 20.0 Å². The third-order valence-corrected chi connectivity index (χ3v) is 3.64. The van der Waals surface area contributed by atoms with E-state index < -0.39 is 18.7 Å². The van der Waals surface area contributed by atoms with Gasteiger partial charge < -0.3 is 15.2 Å². The Morgan fingerprint density at radius 1 is 1.43 bits per heavy atom. The van der Waals surface area contributed by atoms with Crippen molar-refractivity contribution in [3.05, 3.63) is 29.5 Å². The lowest BCUT2D eigenvalue weighted by molar-refractivity contribution is -0.129. The summed E-state index contributed by atoms with van der Waals surface area (Å²) in [5.74, 6) is 5.96. The normalized spacial score (nSPS) is 18.1. The topological polar surface area (TPSA) is 147 Å². The second-order valence-corrected chi connectivity index (χ2v) is 4.95. The summed E-state index contributed by atoms with van der Waals surface area (Å²) in [5, 5.41) is 31.1. The molecule has 0 saturated heterocycles. The van der Waals surface area contributed by atoms with Crippen molar-refractivity contribution in [3.8, 4) is 0 Å². The third-order valence-electron chi connectivity index (χ3n) is 3.64. The van der Waals surface area contributed by atoms with Crippen LogP contribution in [0.1, 0.15) is 18.7 Å². The van der Waals surface area contributed by atoms with Gasteiger partial charge in [0.1, 0.15) is 17.4 Å². The molecule has 0 amide bonds. The van der Waals surface area contributed by atoms with Gasteiger partial charge in [0.2, 0.25) is 5.88 Å². The van der Waals surface area contributed by atoms with Crippen LogP contribution in [0.5, 0.6) is 0 Å². The predicted octanol–water partition coefficient (Wildman–Crippen LogP) is 0.194. The summed E-state index contributed by atoms with van der Waals surface area (Å²) in [6.45, 7) is 2.01. The van der Waals surface area contributed by atoms with E-state index in [0.717, 1.165) is 0 Å². The van der Waals surface area contributed by atoms with Crippen LogP contribution in [0.2, 0.25) is 0 Å². The fourth-order valence-electron chi connectivity index (χ4n) is 2.38. The number of aliphatic hydroxyl groups is 2. The molecule has 0 unspecified atom stereocenters. The average molecular weight is 319 g/mol. The van der Waals surface area contributed by atoms with E-state index in [-0.39, 0.29) is 5.57 Å². The number of nitrogens with two attached hydrogens (primary N) is 1. The lowest BCUT2D eigenvalue weighted by Crippen LogP contribution is -2.31. The molecule has 10 heteroatoms. The van der Waals surface area contributed by atoms with Gasteiger partial charge in [-0.3, -0.25) is 15.2 Å². The lowest BCUT2D eigenvalue weighted by atomic mass is 10.2. The minimum Gasteiger partial charge on any atom is -0.493 e. The number of aromatic nitrogens is 3. The summed E-state index contributed by atoms with van der Waals surface area (Å²) in [4.78, 5) is 15.5. The predicted molar refractivity (Wildman–Crippen MR) is 82.7 cm³/mol. The minimum atomic E-state index is -0.894. The second kappa shape index (κ2) is 5.83. The van der Waals surface area contributed by atoms with Crippen molar-refractivity contribution in [3.63, 3.8) is 0 Å². The van der Waals surface area contributed by atoms with E-state index in [4.69, 9.17) is 10.9 Å². The van der Waals surface area contributed by atoms with E-state index in [1.54, 1.807) is 6.20 Å². The maximum absolute atomic E-state index is 10.1. The molecule has 3 rings (SSSR count). The number of aliphatic imine (C=N–C) groups is 1. The van der Waals surface area contributed by atoms with Crippen molar-refractivity contribution >= 4 is 23.1 Å². The maximum atomic E-state index is 10.1. The van der Waals surface area contributed by atoms with Crippen molar-refractivity contribution in [2.24, 2.45) is 10.8 Å². The van der Waals surface area contributed by atoms with Crippen molar-refractivity contribution in [2.75, 3.05) is 18.2 Å². The van der Waals surface area contributed by atoms with E-state index in [0.29, 0.717) is 34.0 Å². The first-order valence-corrected chi connectivity index (χ1v) is 6.97. The van der Waals surface area contributed by atoms with Gasteiger partial charge in [-0.2, -0.15) is 5.06 Å². The van der Waals surface area contributed by atoms with Crippen LogP contribution in [-0.2, 0) is 0 Å². The van der Waals surface area contributed by atoms with Gasteiger partial charge in [0.15, 0.2) is 12.0 Å². The Kier molecular flexibility index (Phi) is 3.86. The molecule has 0 aliphatic carbocycles. The molecule has 0 radical (unpaired) electrons. The Hall–Kier alpha value is -2.69. The number of aromatic amines is 1. The Balaban J connectivity index is 2.06. The first-order valence-electron chi connectivity index (χ1n) is 6.97. The number of nitrogens with zero attached hydrogens (tertiary/aromatic N) is 5. The molecule has 1 aliphatic rings. The van der Waals surface area contributed by atoms with Gasteiger partial charge >= 0.3 is 0 Å². The third kappa shape index (κ3) is 2.38. The van der Waals surface area contributed by atoms with Crippen LogP contribution in [-0.4, -0.2) is 54.8 Å². The van der Waals surface area contributed by atoms with E-state index in [9.17, 15) is 10.3 Å². The van der Waals surface area contributed by atoms with Crippen LogP contribution >= 0.6 is 0 Å². The molecule has 122 valence electrons. The Labute approximate surface area is 131 Å². The number of hydrazine groups is 1. The zero-order valence-electron chi connectivity index (χ0n) is 12.4. The van der Waals surface area contributed by atoms with Gasteiger partial charge in [0.25, 0.3) is 0 Å². The minimum absolute atomic E-state index is 0.123. The zero-order valence-corrected chi connectivity index (χ0v) is 12.4. The molecule has 0 fully saturated rings. The number of hydroxylamine groups is 2. The quantitative estimate of drug-likeness (QED) is 0.396. The summed E-state index contributed by atoms with van der Waals surface area (Å²) < 4.78 is 0. The highest BCUT2D eigenvalue weighted by Gasteiger charge is 2.29. The molecule has 0 saturated carbocycles. The van der Waals surface area contributed by atoms with E-state index >= 15 is 0 Å². The van der Waals surface area contributed by atoms with Crippen LogP contribution in [0.25, 0.3) is 11.0 Å². The highest BCUT2D eigenvalue weighted by atomic mass is 16.5. The van der Waals surface area contributed by atoms with E-state index in [1.165, 1.54) is 17.6 Å². The monoisotopic (exact) mass is 319 g/mol. The van der Waals surface area contributed by atoms with E-state index in [2.05, 4.69) is 19.9 Å². The molecule has 0 aromatic carbocycles.